The van der Waals surface area contributed by atoms with Gasteiger partial charge in [0.1, 0.15) is 11.2 Å². The normalized spacial score (nSPS) is 12.9. The van der Waals surface area contributed by atoms with E-state index in [0.717, 1.165) is 55.8 Å². The Morgan fingerprint density at radius 3 is 1.49 bits per heavy atom. The molecule has 15 rings (SSSR count). The van der Waals surface area contributed by atoms with Crippen LogP contribution in [-0.2, 0) is 5.41 Å². The molecule has 0 bridgehead atoms. The molecule has 0 saturated heterocycles. The zero-order valence-electron chi connectivity index (χ0n) is 40.4. The van der Waals surface area contributed by atoms with Crippen molar-refractivity contribution in [3.63, 3.8) is 0 Å². The zero-order chi connectivity index (χ0) is 48.4. The molecule has 3 aromatic heterocycles. The molecule has 1 aliphatic carbocycles. The summed E-state index contributed by atoms with van der Waals surface area (Å²) in [5.74, 6) is 0. The summed E-state index contributed by atoms with van der Waals surface area (Å²) in [4.78, 5) is 2.42. The van der Waals surface area contributed by atoms with E-state index in [2.05, 4.69) is 264 Å². The summed E-state index contributed by atoms with van der Waals surface area (Å²) in [5, 5.41) is 7.40. The summed E-state index contributed by atoms with van der Waals surface area (Å²) in [6, 6.07) is 90.8. The third-order valence-electron chi connectivity index (χ3n) is 15.7. The molecule has 0 unspecified atom stereocenters. The minimum absolute atomic E-state index is 0.285. The van der Waals surface area contributed by atoms with Gasteiger partial charge in [-0.3, -0.25) is 0 Å². The number of furan rings is 1. The molecule has 11 aromatic carbocycles. The number of aromatic nitrogens is 2. The first-order chi connectivity index (χ1) is 36.0. The molecule has 344 valence electrons. The van der Waals surface area contributed by atoms with Gasteiger partial charge in [0.05, 0.1) is 22.1 Å². The molecule has 0 saturated carbocycles. The molecule has 3 heterocycles. The zero-order valence-corrected chi connectivity index (χ0v) is 40.4. The highest BCUT2D eigenvalue weighted by atomic mass is 16.3. The smallest absolute Gasteiger partial charge is 0.135 e. The minimum Gasteiger partial charge on any atom is -0.456 e. The highest BCUT2D eigenvalue weighted by Gasteiger charge is 2.39. The van der Waals surface area contributed by atoms with Crippen molar-refractivity contribution < 1.29 is 4.42 Å². The van der Waals surface area contributed by atoms with Crippen LogP contribution in [0.25, 0.3) is 110 Å². The Bertz CT molecular complexity index is 4440. The Morgan fingerprint density at radius 2 is 0.822 bits per heavy atom. The maximum Gasteiger partial charge on any atom is 0.135 e. The fourth-order valence-corrected chi connectivity index (χ4v) is 12.3. The standard InChI is InChI=1S/C69H47N3O/c1-69(2)60-43-52(37-38-53(60)57-39-40-64-67(68(57)69)58-19-8-12-22-63(58)72(64)48-14-4-3-5-15-48)70(50-33-28-46(29-34-50)47-30-41-66-59(42-47)56-18-9-13-23-65(56)73-66)49-31-24-44(25-32-49)45-26-35-51(36-27-45)71-61-20-10-6-16-54(61)55-17-7-11-21-62(55)71/h3-43H,1-2H3. The van der Waals surface area contributed by atoms with Gasteiger partial charge in [-0.2, -0.15) is 0 Å². The van der Waals surface area contributed by atoms with Crippen LogP contribution in [0.3, 0.4) is 0 Å². The molecule has 0 atom stereocenters. The predicted octanol–water partition coefficient (Wildman–Crippen LogP) is 18.9. The van der Waals surface area contributed by atoms with Crippen LogP contribution in [0.5, 0.6) is 0 Å². The van der Waals surface area contributed by atoms with Gasteiger partial charge in [-0.15, -0.1) is 0 Å². The first-order valence-corrected chi connectivity index (χ1v) is 25.2. The third-order valence-corrected chi connectivity index (χ3v) is 15.7. The van der Waals surface area contributed by atoms with Crippen molar-refractivity contribution in [1.29, 1.82) is 0 Å². The molecule has 0 fully saturated rings. The van der Waals surface area contributed by atoms with Crippen molar-refractivity contribution in [2.45, 2.75) is 19.3 Å². The van der Waals surface area contributed by atoms with E-state index < -0.39 is 0 Å². The molecule has 0 aliphatic heterocycles. The highest BCUT2D eigenvalue weighted by molar-refractivity contribution is 6.15. The number of rotatable bonds is 7. The van der Waals surface area contributed by atoms with Crippen LogP contribution >= 0.6 is 0 Å². The second-order valence-electron chi connectivity index (χ2n) is 20.1. The molecule has 0 amide bonds. The number of nitrogens with zero attached hydrogens (tertiary/aromatic N) is 3. The Hall–Kier alpha value is -9.38. The Labute approximate surface area is 422 Å². The minimum atomic E-state index is -0.285. The van der Waals surface area contributed by atoms with Crippen molar-refractivity contribution in [2.75, 3.05) is 4.90 Å². The van der Waals surface area contributed by atoms with Gasteiger partial charge in [0.15, 0.2) is 0 Å². The Morgan fingerprint density at radius 1 is 0.342 bits per heavy atom. The Balaban J connectivity index is 0.833. The lowest BCUT2D eigenvalue weighted by molar-refractivity contribution is 0.666. The first-order valence-electron chi connectivity index (χ1n) is 25.2. The molecule has 0 spiro atoms. The predicted molar refractivity (Wildman–Crippen MR) is 306 cm³/mol. The van der Waals surface area contributed by atoms with Crippen molar-refractivity contribution >= 4 is 82.6 Å². The molecular weight excluding hydrogens is 887 g/mol. The number of hydrogen-bond acceptors (Lipinski definition) is 2. The lowest BCUT2D eigenvalue weighted by atomic mass is 9.80. The van der Waals surface area contributed by atoms with Gasteiger partial charge >= 0.3 is 0 Å². The van der Waals surface area contributed by atoms with Crippen molar-refractivity contribution in [2.24, 2.45) is 0 Å². The third kappa shape index (κ3) is 6.27. The molecule has 4 heteroatoms. The van der Waals surface area contributed by atoms with Crippen LogP contribution < -0.4 is 4.90 Å². The van der Waals surface area contributed by atoms with Gasteiger partial charge in [-0.25, -0.2) is 0 Å². The summed E-state index contributed by atoms with van der Waals surface area (Å²) in [7, 11) is 0. The second kappa shape index (κ2) is 15.8. The van der Waals surface area contributed by atoms with Crippen LogP contribution in [0, 0.1) is 0 Å². The quantitative estimate of drug-likeness (QED) is 0.159. The van der Waals surface area contributed by atoms with Gasteiger partial charge in [-0.1, -0.05) is 159 Å². The number of benzene rings is 11. The fraction of sp³-hybridized carbons (Fsp3) is 0.0435. The van der Waals surface area contributed by atoms with E-state index in [1.807, 2.05) is 12.1 Å². The summed E-state index contributed by atoms with van der Waals surface area (Å²) in [6.07, 6.45) is 0. The van der Waals surface area contributed by atoms with E-state index in [1.165, 1.54) is 82.7 Å². The van der Waals surface area contributed by atoms with Gasteiger partial charge in [0.25, 0.3) is 0 Å². The van der Waals surface area contributed by atoms with Crippen LogP contribution in [0.1, 0.15) is 25.0 Å². The highest BCUT2D eigenvalue weighted by Crippen LogP contribution is 2.55. The average molecular weight is 934 g/mol. The SMILES string of the molecule is CC1(C)c2cc(N(c3ccc(-c4ccc(-n5c6ccccc6c6ccccc65)cc4)cc3)c3ccc(-c4ccc5oc6ccccc6c5c4)cc3)ccc2-c2ccc3c(c21)c1ccccc1n3-c1ccccc1. The van der Waals surface area contributed by atoms with Crippen molar-refractivity contribution in [3.8, 4) is 44.8 Å². The summed E-state index contributed by atoms with van der Waals surface area (Å²) in [6.45, 7) is 4.83. The summed E-state index contributed by atoms with van der Waals surface area (Å²) >= 11 is 0. The van der Waals surface area contributed by atoms with E-state index in [0.29, 0.717) is 0 Å². The molecule has 1 aliphatic rings. The second-order valence-corrected chi connectivity index (χ2v) is 20.1. The molecule has 0 radical (unpaired) electrons. The van der Waals surface area contributed by atoms with Gasteiger partial charge in [-0.05, 0) is 148 Å². The number of para-hydroxylation sites is 5. The molecular formula is C69H47N3O. The summed E-state index contributed by atoms with van der Waals surface area (Å²) in [5.41, 5.74) is 22.0. The largest absolute Gasteiger partial charge is 0.456 e. The van der Waals surface area contributed by atoms with Gasteiger partial charge in [0, 0.05) is 66.2 Å². The number of hydrogen-bond donors (Lipinski definition) is 0. The van der Waals surface area contributed by atoms with E-state index in [1.54, 1.807) is 0 Å². The maximum absolute atomic E-state index is 6.19. The van der Waals surface area contributed by atoms with E-state index in [-0.39, 0.29) is 5.41 Å². The molecule has 4 nitrogen and oxygen atoms in total. The van der Waals surface area contributed by atoms with Crippen molar-refractivity contribution in [3.05, 3.63) is 260 Å². The van der Waals surface area contributed by atoms with E-state index >= 15 is 0 Å². The lowest BCUT2D eigenvalue weighted by Crippen LogP contribution is -2.17. The van der Waals surface area contributed by atoms with E-state index in [9.17, 15) is 0 Å². The Kier molecular flexibility index (Phi) is 8.97. The average Bonchev–Trinajstić information content (AvgIpc) is 4.17. The van der Waals surface area contributed by atoms with Gasteiger partial charge < -0.3 is 18.5 Å². The monoisotopic (exact) mass is 933 g/mol. The topological polar surface area (TPSA) is 26.2 Å². The summed E-state index contributed by atoms with van der Waals surface area (Å²) < 4.78 is 11.0. The van der Waals surface area contributed by atoms with Crippen LogP contribution in [0.2, 0.25) is 0 Å². The molecule has 0 N–H and O–H groups in total. The van der Waals surface area contributed by atoms with Gasteiger partial charge in [0.2, 0.25) is 0 Å². The first kappa shape index (κ1) is 41.4. The van der Waals surface area contributed by atoms with Crippen LogP contribution in [0.15, 0.2) is 253 Å². The molecule has 73 heavy (non-hydrogen) atoms. The van der Waals surface area contributed by atoms with Crippen LogP contribution in [0.4, 0.5) is 17.1 Å². The van der Waals surface area contributed by atoms with E-state index in [4.69, 9.17) is 4.42 Å². The lowest BCUT2D eigenvalue weighted by Gasteiger charge is -2.28. The maximum atomic E-state index is 6.19. The van der Waals surface area contributed by atoms with Crippen molar-refractivity contribution in [1.82, 2.24) is 9.13 Å². The number of anilines is 3. The number of fused-ring (bicyclic) bond motifs is 13. The fourth-order valence-electron chi connectivity index (χ4n) is 12.3. The molecule has 14 aromatic rings. The van der Waals surface area contributed by atoms with Crippen LogP contribution in [-0.4, -0.2) is 9.13 Å².